The maximum absolute atomic E-state index is 13.0. The minimum atomic E-state index is -0.543. The summed E-state index contributed by atoms with van der Waals surface area (Å²) in [6.07, 6.45) is 1.58. The number of methoxy groups -OCH3 is 1. The molecule has 204 valence electrons. The van der Waals surface area contributed by atoms with Crippen LogP contribution in [0, 0.1) is 32.1 Å². The molecule has 0 aliphatic carbocycles. The second-order valence-corrected chi connectivity index (χ2v) is 11.1. The second kappa shape index (κ2) is 12.4. The number of hydrogen-bond acceptors (Lipinski definition) is 7. The number of nitrogens with one attached hydrogen (secondary N) is 1. The second-order valence-electron chi connectivity index (χ2n) is 9.22. The van der Waals surface area contributed by atoms with Crippen LogP contribution in [-0.4, -0.2) is 35.6 Å². The minimum absolute atomic E-state index is 0.195. The van der Waals surface area contributed by atoms with Crippen molar-refractivity contribution in [2.75, 3.05) is 19.0 Å². The Balaban J connectivity index is 1.47. The van der Waals surface area contributed by atoms with E-state index in [9.17, 15) is 14.4 Å². The lowest BCUT2D eigenvalue weighted by Gasteiger charge is -2.16. The summed E-state index contributed by atoms with van der Waals surface area (Å²) in [4.78, 5) is 39.5. The van der Waals surface area contributed by atoms with Gasteiger partial charge in [0, 0.05) is 5.69 Å². The van der Waals surface area contributed by atoms with E-state index < -0.39 is 17.1 Å². The molecule has 1 N–H and O–H groups in total. The van der Waals surface area contributed by atoms with Gasteiger partial charge >= 0.3 is 0 Å². The number of nitrogens with zero attached hydrogens (tertiary/aromatic N) is 2. The van der Waals surface area contributed by atoms with Crippen molar-refractivity contribution in [3.05, 3.63) is 91.3 Å². The molecule has 0 saturated carbocycles. The molecular formula is C30H26BrN3O5S. The predicted molar refractivity (Wildman–Crippen MR) is 158 cm³/mol. The number of amides is 3. The zero-order chi connectivity index (χ0) is 29.0. The number of halogens is 1. The number of carbonyl (C=O) groups excluding carboxylic acids is 3. The highest BCUT2D eigenvalue weighted by molar-refractivity contribution is 9.10. The summed E-state index contributed by atoms with van der Waals surface area (Å²) in [5, 5.41) is 11.3. The van der Waals surface area contributed by atoms with Gasteiger partial charge in [0.15, 0.2) is 11.5 Å². The third kappa shape index (κ3) is 6.55. The van der Waals surface area contributed by atoms with Gasteiger partial charge in [-0.05, 0) is 101 Å². The predicted octanol–water partition coefficient (Wildman–Crippen LogP) is 6.51. The number of aryl methyl sites for hydroxylation is 3. The van der Waals surface area contributed by atoms with Crippen molar-refractivity contribution in [3.8, 4) is 17.6 Å². The average Bonchev–Trinajstić information content (AvgIpc) is 3.17. The molecule has 0 spiro atoms. The van der Waals surface area contributed by atoms with Gasteiger partial charge in [-0.2, -0.15) is 5.26 Å². The Morgan fingerprint density at radius 1 is 1.10 bits per heavy atom. The lowest BCUT2D eigenvalue weighted by atomic mass is 10.1. The molecule has 1 aliphatic heterocycles. The molecule has 8 nitrogen and oxygen atoms in total. The van der Waals surface area contributed by atoms with Crippen molar-refractivity contribution in [2.45, 2.75) is 27.4 Å². The SMILES string of the molecule is COc1cc(/C=C2/SC(=O)N(CC(=O)Nc3c(C)cc(C)cc3C)C2=O)cc(Br)c1OCc1ccc(C#N)cc1. The van der Waals surface area contributed by atoms with Crippen molar-refractivity contribution >= 4 is 56.5 Å². The number of thioether (sulfide) groups is 1. The van der Waals surface area contributed by atoms with E-state index in [-0.39, 0.29) is 18.1 Å². The van der Waals surface area contributed by atoms with Gasteiger partial charge in [-0.1, -0.05) is 29.8 Å². The third-order valence-corrected chi connectivity index (χ3v) is 7.63. The fourth-order valence-corrected chi connectivity index (χ4v) is 5.69. The maximum atomic E-state index is 13.0. The Labute approximate surface area is 245 Å². The van der Waals surface area contributed by atoms with Crippen LogP contribution in [0.4, 0.5) is 10.5 Å². The lowest BCUT2D eigenvalue weighted by Crippen LogP contribution is -2.36. The molecule has 3 aromatic rings. The maximum Gasteiger partial charge on any atom is 0.294 e. The van der Waals surface area contributed by atoms with Crippen LogP contribution in [0.3, 0.4) is 0 Å². The highest BCUT2D eigenvalue weighted by Crippen LogP contribution is 2.39. The molecule has 3 aromatic carbocycles. The molecule has 1 aliphatic rings. The topological polar surface area (TPSA) is 109 Å². The van der Waals surface area contributed by atoms with Crippen LogP contribution >= 0.6 is 27.7 Å². The van der Waals surface area contributed by atoms with E-state index in [4.69, 9.17) is 14.7 Å². The Bertz CT molecular complexity index is 1550. The van der Waals surface area contributed by atoms with E-state index in [2.05, 4.69) is 27.3 Å². The van der Waals surface area contributed by atoms with Crippen molar-refractivity contribution in [3.63, 3.8) is 0 Å². The first kappa shape index (κ1) is 28.9. The molecule has 0 bridgehead atoms. The molecule has 10 heteroatoms. The number of hydrogen-bond donors (Lipinski definition) is 1. The van der Waals surface area contributed by atoms with Gasteiger partial charge in [0.1, 0.15) is 13.2 Å². The Kier molecular flexibility index (Phi) is 8.97. The van der Waals surface area contributed by atoms with Crippen LogP contribution in [0.2, 0.25) is 0 Å². The molecule has 0 unspecified atom stereocenters. The largest absolute Gasteiger partial charge is 0.493 e. The summed E-state index contributed by atoms with van der Waals surface area (Å²) in [7, 11) is 1.50. The monoisotopic (exact) mass is 619 g/mol. The van der Waals surface area contributed by atoms with E-state index in [1.807, 2.05) is 45.0 Å². The van der Waals surface area contributed by atoms with Gasteiger partial charge in [-0.25, -0.2) is 0 Å². The Morgan fingerprint density at radius 2 is 1.77 bits per heavy atom. The number of imide groups is 1. The third-order valence-electron chi connectivity index (χ3n) is 6.13. The summed E-state index contributed by atoms with van der Waals surface area (Å²) in [5.74, 6) is -0.0993. The molecule has 1 fully saturated rings. The molecule has 1 saturated heterocycles. The summed E-state index contributed by atoms with van der Waals surface area (Å²) >= 11 is 4.28. The van der Waals surface area contributed by atoms with Crippen LogP contribution in [0.15, 0.2) is 57.9 Å². The number of benzene rings is 3. The molecule has 4 rings (SSSR count). The zero-order valence-corrected chi connectivity index (χ0v) is 24.7. The minimum Gasteiger partial charge on any atom is -0.493 e. The fourth-order valence-electron chi connectivity index (χ4n) is 4.28. The van der Waals surface area contributed by atoms with Gasteiger partial charge < -0.3 is 14.8 Å². The highest BCUT2D eigenvalue weighted by Gasteiger charge is 2.36. The molecule has 0 aromatic heterocycles. The summed E-state index contributed by atoms with van der Waals surface area (Å²) in [5.41, 5.74) is 5.62. The van der Waals surface area contributed by atoms with Gasteiger partial charge in [-0.3, -0.25) is 19.3 Å². The number of ether oxygens (including phenoxy) is 2. The van der Waals surface area contributed by atoms with Crippen molar-refractivity contribution in [1.29, 1.82) is 5.26 Å². The smallest absolute Gasteiger partial charge is 0.294 e. The first-order valence-electron chi connectivity index (χ1n) is 12.2. The van der Waals surface area contributed by atoms with Crippen molar-refractivity contribution < 1.29 is 23.9 Å². The van der Waals surface area contributed by atoms with E-state index in [0.29, 0.717) is 32.8 Å². The summed E-state index contributed by atoms with van der Waals surface area (Å²) in [6, 6.07) is 16.5. The molecule has 3 amide bonds. The van der Waals surface area contributed by atoms with E-state index >= 15 is 0 Å². The summed E-state index contributed by atoms with van der Waals surface area (Å²) in [6.45, 7) is 5.64. The number of carbonyl (C=O) groups is 3. The van der Waals surface area contributed by atoms with Crippen LogP contribution in [-0.2, 0) is 16.2 Å². The molecular weight excluding hydrogens is 594 g/mol. The van der Waals surface area contributed by atoms with E-state index in [1.54, 1.807) is 30.3 Å². The number of anilines is 1. The van der Waals surface area contributed by atoms with Crippen molar-refractivity contribution in [2.24, 2.45) is 0 Å². The van der Waals surface area contributed by atoms with Gasteiger partial charge in [0.25, 0.3) is 11.1 Å². The van der Waals surface area contributed by atoms with Crippen LogP contribution in [0.1, 0.15) is 33.4 Å². The highest BCUT2D eigenvalue weighted by atomic mass is 79.9. The van der Waals surface area contributed by atoms with Gasteiger partial charge in [0.05, 0.1) is 28.1 Å². The first-order chi connectivity index (χ1) is 19.1. The number of rotatable bonds is 8. The Morgan fingerprint density at radius 3 is 2.40 bits per heavy atom. The Hall–Kier alpha value is -4.07. The summed E-state index contributed by atoms with van der Waals surface area (Å²) < 4.78 is 12.1. The van der Waals surface area contributed by atoms with Gasteiger partial charge in [-0.15, -0.1) is 0 Å². The van der Waals surface area contributed by atoms with E-state index in [0.717, 1.165) is 38.9 Å². The molecule has 0 atom stereocenters. The molecule has 1 heterocycles. The lowest BCUT2D eigenvalue weighted by molar-refractivity contribution is -0.127. The average molecular weight is 621 g/mol. The van der Waals surface area contributed by atoms with E-state index in [1.165, 1.54) is 7.11 Å². The van der Waals surface area contributed by atoms with Crippen molar-refractivity contribution in [1.82, 2.24) is 4.90 Å². The molecule has 0 radical (unpaired) electrons. The fraction of sp³-hybridized carbons (Fsp3) is 0.200. The zero-order valence-electron chi connectivity index (χ0n) is 22.3. The molecule has 40 heavy (non-hydrogen) atoms. The van der Waals surface area contributed by atoms with Crippen LogP contribution in [0.5, 0.6) is 11.5 Å². The quantitative estimate of drug-likeness (QED) is 0.286. The first-order valence-corrected chi connectivity index (χ1v) is 13.8. The van der Waals surface area contributed by atoms with Crippen LogP contribution < -0.4 is 14.8 Å². The number of nitriles is 1. The normalized spacial score (nSPS) is 13.9. The van der Waals surface area contributed by atoms with Gasteiger partial charge in [0.2, 0.25) is 5.91 Å². The van der Waals surface area contributed by atoms with Crippen LogP contribution in [0.25, 0.3) is 6.08 Å². The standard InChI is InChI=1S/C30H26BrN3O5S/c1-17-9-18(2)27(19(3)10-17)33-26(35)15-34-29(36)25(40-30(34)37)13-22-11-23(31)28(24(12-22)38-4)39-16-21-7-5-20(14-32)6-8-21/h5-13H,15-16H2,1-4H3,(H,33,35)/b25-13+.